The van der Waals surface area contributed by atoms with Crippen LogP contribution in [0.1, 0.15) is 51.6 Å². The Hall–Kier alpha value is -4.33. The molecule has 2 aromatic carbocycles. The van der Waals surface area contributed by atoms with E-state index in [0.717, 1.165) is 27.9 Å². The van der Waals surface area contributed by atoms with Crippen LogP contribution in [0.5, 0.6) is 0 Å². The first kappa shape index (κ1) is 22.5. The van der Waals surface area contributed by atoms with Crippen LogP contribution in [0, 0.1) is 13.8 Å². The molecule has 1 amide bonds. The van der Waals surface area contributed by atoms with Crippen molar-refractivity contribution >= 4 is 11.9 Å². The summed E-state index contributed by atoms with van der Waals surface area (Å²) in [6, 6.07) is 18.6. The van der Waals surface area contributed by atoms with Crippen molar-refractivity contribution in [2.75, 3.05) is 0 Å². The van der Waals surface area contributed by atoms with Gasteiger partial charge in [-0.15, -0.1) is 5.10 Å². The lowest BCUT2D eigenvalue weighted by Crippen LogP contribution is -2.30. The Labute approximate surface area is 202 Å². The molecular formula is C27H25N5O3. The van der Waals surface area contributed by atoms with Crippen LogP contribution in [0.3, 0.4) is 0 Å². The minimum atomic E-state index is -1.00. The second-order valence-electron chi connectivity index (χ2n) is 8.99. The number of amides is 1. The summed E-state index contributed by atoms with van der Waals surface area (Å²) in [5.41, 5.74) is 4.44. The number of aliphatic carboxylic acids is 1. The summed E-state index contributed by atoms with van der Waals surface area (Å²) in [5, 5.41) is 21.0. The molecule has 0 radical (unpaired) electrons. The van der Waals surface area contributed by atoms with Gasteiger partial charge in [-0.2, -0.15) is 0 Å². The number of benzene rings is 2. The SMILES string of the molecule is Cc1ccc(C(NC(=O)c2ccc(C)c(-c3cn(C4(C(=O)O)CC4)nn3)c2)c2ccccn2)cc1. The van der Waals surface area contributed by atoms with E-state index in [-0.39, 0.29) is 5.91 Å². The summed E-state index contributed by atoms with van der Waals surface area (Å²) >= 11 is 0. The monoisotopic (exact) mass is 467 g/mol. The van der Waals surface area contributed by atoms with Crippen LogP contribution >= 0.6 is 0 Å². The summed E-state index contributed by atoms with van der Waals surface area (Å²) in [5.74, 6) is -1.16. The maximum Gasteiger partial charge on any atom is 0.331 e. The Bertz CT molecular complexity index is 1390. The van der Waals surface area contributed by atoms with Crippen LogP contribution in [0.15, 0.2) is 73.1 Å². The smallest absolute Gasteiger partial charge is 0.331 e. The van der Waals surface area contributed by atoms with Crippen LogP contribution in [0.25, 0.3) is 11.3 Å². The molecule has 2 N–H and O–H groups in total. The van der Waals surface area contributed by atoms with Gasteiger partial charge in [0.05, 0.1) is 17.9 Å². The van der Waals surface area contributed by atoms with E-state index >= 15 is 0 Å². The van der Waals surface area contributed by atoms with Crippen LogP contribution < -0.4 is 5.32 Å². The van der Waals surface area contributed by atoms with E-state index in [1.807, 2.05) is 62.4 Å². The Morgan fingerprint density at radius 1 is 1.06 bits per heavy atom. The highest BCUT2D eigenvalue weighted by atomic mass is 16.4. The molecule has 8 heteroatoms. The third-order valence-electron chi connectivity index (χ3n) is 6.50. The van der Waals surface area contributed by atoms with E-state index in [4.69, 9.17) is 0 Å². The molecule has 1 atom stereocenters. The average molecular weight is 468 g/mol. The number of carboxylic acid groups (broad SMARTS) is 1. The van der Waals surface area contributed by atoms with Gasteiger partial charge in [0.15, 0.2) is 5.54 Å². The molecule has 0 saturated heterocycles. The number of rotatable bonds is 7. The van der Waals surface area contributed by atoms with Gasteiger partial charge in [0, 0.05) is 17.3 Å². The number of pyridine rings is 1. The van der Waals surface area contributed by atoms with Gasteiger partial charge in [-0.3, -0.25) is 9.78 Å². The van der Waals surface area contributed by atoms with Crippen LogP contribution in [-0.4, -0.2) is 37.0 Å². The standard InChI is InChI=1S/C27H25N5O3/c1-17-6-9-19(10-7-17)24(22-5-3-4-14-28-22)29-25(33)20-11-8-18(2)21(15-20)23-16-32(31-30-23)27(12-13-27)26(34)35/h3-11,14-16,24H,12-13H2,1-2H3,(H,29,33)(H,34,35). The molecule has 1 aliphatic carbocycles. The fourth-order valence-electron chi connectivity index (χ4n) is 4.14. The van der Waals surface area contributed by atoms with Gasteiger partial charge in [0.25, 0.3) is 5.91 Å². The van der Waals surface area contributed by atoms with Crippen molar-refractivity contribution in [1.82, 2.24) is 25.3 Å². The third kappa shape index (κ3) is 4.30. The lowest BCUT2D eigenvalue weighted by Gasteiger charge is -2.19. The third-order valence-corrected chi connectivity index (χ3v) is 6.50. The maximum absolute atomic E-state index is 13.4. The summed E-state index contributed by atoms with van der Waals surface area (Å²) in [6.07, 6.45) is 4.41. The van der Waals surface area contributed by atoms with E-state index in [1.165, 1.54) is 4.68 Å². The van der Waals surface area contributed by atoms with Crippen molar-refractivity contribution in [2.45, 2.75) is 38.3 Å². The van der Waals surface area contributed by atoms with E-state index in [0.29, 0.717) is 24.1 Å². The highest BCUT2D eigenvalue weighted by molar-refractivity contribution is 5.96. The fraction of sp³-hybridized carbons (Fsp3) is 0.222. The van der Waals surface area contributed by atoms with Crippen molar-refractivity contribution in [3.8, 4) is 11.3 Å². The number of hydrogen-bond donors (Lipinski definition) is 2. The molecule has 5 rings (SSSR count). The van der Waals surface area contributed by atoms with E-state index in [2.05, 4.69) is 20.6 Å². The first-order valence-electron chi connectivity index (χ1n) is 11.4. The second kappa shape index (κ2) is 8.79. The quantitative estimate of drug-likeness (QED) is 0.424. The lowest BCUT2D eigenvalue weighted by molar-refractivity contribution is -0.142. The number of nitrogens with one attached hydrogen (secondary N) is 1. The first-order chi connectivity index (χ1) is 16.9. The molecule has 8 nitrogen and oxygen atoms in total. The molecule has 1 fully saturated rings. The van der Waals surface area contributed by atoms with Gasteiger partial charge >= 0.3 is 5.97 Å². The molecule has 2 heterocycles. The normalized spacial score (nSPS) is 14.8. The molecule has 2 aromatic heterocycles. The molecule has 4 aromatic rings. The van der Waals surface area contributed by atoms with Crippen LogP contribution in [0.4, 0.5) is 0 Å². The van der Waals surface area contributed by atoms with Crippen LogP contribution in [-0.2, 0) is 10.3 Å². The second-order valence-corrected chi connectivity index (χ2v) is 8.99. The zero-order valence-electron chi connectivity index (χ0n) is 19.5. The summed E-state index contributed by atoms with van der Waals surface area (Å²) < 4.78 is 1.42. The largest absolute Gasteiger partial charge is 0.479 e. The van der Waals surface area contributed by atoms with E-state index in [1.54, 1.807) is 24.5 Å². The zero-order chi connectivity index (χ0) is 24.6. The predicted molar refractivity (Wildman–Crippen MR) is 130 cm³/mol. The molecule has 1 unspecified atom stereocenters. The molecule has 176 valence electrons. The molecule has 0 spiro atoms. The molecule has 0 bridgehead atoms. The van der Waals surface area contributed by atoms with Crippen molar-refractivity contribution in [3.05, 3.63) is 101 Å². The summed E-state index contributed by atoms with van der Waals surface area (Å²) in [6.45, 7) is 3.94. The Kier molecular flexibility index (Phi) is 5.64. The predicted octanol–water partition coefficient (Wildman–Crippen LogP) is 4.05. The number of aryl methyl sites for hydroxylation is 2. The number of nitrogens with zero attached hydrogens (tertiary/aromatic N) is 4. The number of hydrogen-bond acceptors (Lipinski definition) is 5. The minimum absolute atomic E-state index is 0.251. The molecule has 0 aliphatic heterocycles. The van der Waals surface area contributed by atoms with Gasteiger partial charge in [-0.25, -0.2) is 9.48 Å². The molecule has 1 saturated carbocycles. The van der Waals surface area contributed by atoms with Crippen molar-refractivity contribution < 1.29 is 14.7 Å². The first-order valence-corrected chi connectivity index (χ1v) is 11.4. The zero-order valence-corrected chi connectivity index (χ0v) is 19.5. The highest BCUT2D eigenvalue weighted by Crippen LogP contribution is 2.43. The lowest BCUT2D eigenvalue weighted by atomic mass is 9.99. The minimum Gasteiger partial charge on any atom is -0.479 e. The molecule has 1 aliphatic rings. The van der Waals surface area contributed by atoms with Crippen molar-refractivity contribution in [1.29, 1.82) is 0 Å². The van der Waals surface area contributed by atoms with Gasteiger partial charge < -0.3 is 10.4 Å². The Morgan fingerprint density at radius 3 is 2.49 bits per heavy atom. The topological polar surface area (TPSA) is 110 Å². The van der Waals surface area contributed by atoms with Gasteiger partial charge in [0.1, 0.15) is 5.69 Å². The van der Waals surface area contributed by atoms with Crippen molar-refractivity contribution in [3.63, 3.8) is 0 Å². The number of aromatic nitrogens is 4. The van der Waals surface area contributed by atoms with Gasteiger partial charge in [-0.05, 0) is 62.1 Å². The Balaban J connectivity index is 1.45. The van der Waals surface area contributed by atoms with Crippen LogP contribution in [0.2, 0.25) is 0 Å². The number of carbonyl (C=O) groups excluding carboxylic acids is 1. The summed E-state index contributed by atoms with van der Waals surface area (Å²) in [4.78, 5) is 29.5. The van der Waals surface area contributed by atoms with Gasteiger partial charge in [0.2, 0.25) is 0 Å². The van der Waals surface area contributed by atoms with E-state index in [9.17, 15) is 14.7 Å². The van der Waals surface area contributed by atoms with E-state index < -0.39 is 17.6 Å². The van der Waals surface area contributed by atoms with Gasteiger partial charge in [-0.1, -0.05) is 47.2 Å². The molecule has 35 heavy (non-hydrogen) atoms. The number of carbonyl (C=O) groups is 2. The Morgan fingerprint density at radius 2 is 1.83 bits per heavy atom. The maximum atomic E-state index is 13.4. The fourth-order valence-corrected chi connectivity index (χ4v) is 4.14. The molecular weight excluding hydrogens is 442 g/mol. The summed E-state index contributed by atoms with van der Waals surface area (Å²) in [7, 11) is 0. The number of carboxylic acids is 1. The average Bonchev–Trinajstić information content (AvgIpc) is 3.54. The van der Waals surface area contributed by atoms with Crippen molar-refractivity contribution in [2.24, 2.45) is 0 Å². The highest BCUT2D eigenvalue weighted by Gasteiger charge is 2.53.